The molecule has 0 rings (SSSR count). The Bertz CT molecular complexity index is 156. The van der Waals surface area contributed by atoms with Crippen molar-refractivity contribution in [1.29, 1.82) is 0 Å². The summed E-state index contributed by atoms with van der Waals surface area (Å²) < 4.78 is 9.33. The Morgan fingerprint density at radius 3 is 2.77 bits per heavy atom. The number of hydrogen-bond donors (Lipinski definition) is 0. The van der Waals surface area contributed by atoms with Crippen LogP contribution in [0, 0.1) is 5.92 Å². The summed E-state index contributed by atoms with van der Waals surface area (Å²) in [5.74, 6) is 0.0672. The fourth-order valence-electron chi connectivity index (χ4n) is 0.935. The Kier molecular flexibility index (Phi) is 6.96. The van der Waals surface area contributed by atoms with Crippen molar-refractivity contribution >= 4 is 12.4 Å². The summed E-state index contributed by atoms with van der Waals surface area (Å²) >= 11 is 0. The van der Waals surface area contributed by atoms with Gasteiger partial charge in [0.15, 0.2) is 0 Å². The molecule has 0 aliphatic rings. The van der Waals surface area contributed by atoms with Crippen molar-refractivity contribution in [3.63, 3.8) is 0 Å². The lowest BCUT2D eigenvalue weighted by Crippen LogP contribution is -2.07. The number of rotatable bonds is 7. The molecule has 0 saturated heterocycles. The summed E-state index contributed by atoms with van der Waals surface area (Å²) in [6.45, 7) is 4.70. The lowest BCUT2D eigenvalue weighted by atomic mass is 10.1. The lowest BCUT2D eigenvalue weighted by molar-refractivity contribution is -0.141. The molecule has 0 aliphatic heterocycles. The Morgan fingerprint density at radius 1 is 1.54 bits per heavy atom. The molecule has 13 heavy (non-hydrogen) atoms. The molecule has 0 bridgehead atoms. The highest BCUT2D eigenvalue weighted by Crippen LogP contribution is 2.05. The number of carbonyl (C=O) groups is 2. The van der Waals surface area contributed by atoms with E-state index in [1.54, 1.807) is 0 Å². The van der Waals surface area contributed by atoms with E-state index in [0.717, 1.165) is 12.8 Å². The van der Waals surface area contributed by atoms with Gasteiger partial charge in [0, 0.05) is 6.92 Å². The van der Waals surface area contributed by atoms with Gasteiger partial charge >= 0.3 is 5.97 Å². The van der Waals surface area contributed by atoms with E-state index in [2.05, 4.69) is 4.74 Å². The number of ether oxygens (including phenoxy) is 2. The van der Waals surface area contributed by atoms with Crippen LogP contribution in [-0.2, 0) is 19.1 Å². The molecule has 0 fully saturated rings. The summed E-state index contributed by atoms with van der Waals surface area (Å²) in [5.41, 5.74) is 0. The molecule has 0 aromatic heterocycles. The smallest absolute Gasteiger partial charge is 0.302 e. The van der Waals surface area contributed by atoms with Gasteiger partial charge in [-0.1, -0.05) is 6.92 Å². The molecule has 76 valence electrons. The standard InChI is InChI=1S/C9H16O4/c1-8(6-12-7-10)4-3-5-13-9(2)11/h7-8H,3-6H2,1-2H3. The Labute approximate surface area is 78.2 Å². The average Bonchev–Trinajstić information content (AvgIpc) is 2.08. The van der Waals surface area contributed by atoms with E-state index in [-0.39, 0.29) is 5.97 Å². The fourth-order valence-corrected chi connectivity index (χ4v) is 0.935. The SMILES string of the molecule is CC(=O)OCCCC(C)COC=O. The molecule has 0 aromatic rings. The molecule has 0 amide bonds. The highest BCUT2D eigenvalue weighted by Gasteiger charge is 2.02. The molecule has 0 aromatic carbocycles. The second-order valence-corrected chi connectivity index (χ2v) is 3.02. The predicted molar refractivity (Wildman–Crippen MR) is 47.0 cm³/mol. The van der Waals surface area contributed by atoms with Gasteiger partial charge in [-0.25, -0.2) is 0 Å². The van der Waals surface area contributed by atoms with Gasteiger partial charge < -0.3 is 9.47 Å². The highest BCUT2D eigenvalue weighted by molar-refractivity contribution is 5.65. The number of esters is 1. The van der Waals surface area contributed by atoms with Crippen LogP contribution in [0.25, 0.3) is 0 Å². The molecule has 0 aliphatic carbocycles. The van der Waals surface area contributed by atoms with Crippen molar-refractivity contribution in [3.05, 3.63) is 0 Å². The van der Waals surface area contributed by atoms with E-state index in [0.29, 0.717) is 25.6 Å². The molecule has 4 nitrogen and oxygen atoms in total. The van der Waals surface area contributed by atoms with Gasteiger partial charge in [-0.2, -0.15) is 0 Å². The van der Waals surface area contributed by atoms with Gasteiger partial charge in [0.25, 0.3) is 6.47 Å². The number of carbonyl (C=O) groups excluding carboxylic acids is 2. The summed E-state index contributed by atoms with van der Waals surface area (Å²) in [6.07, 6.45) is 1.70. The molecular formula is C9H16O4. The monoisotopic (exact) mass is 188 g/mol. The van der Waals surface area contributed by atoms with Crippen molar-refractivity contribution in [2.24, 2.45) is 5.92 Å². The predicted octanol–water partition coefficient (Wildman–Crippen LogP) is 1.14. The minimum Gasteiger partial charge on any atom is -0.468 e. The molecule has 4 heteroatoms. The van der Waals surface area contributed by atoms with Gasteiger partial charge in [-0.15, -0.1) is 0 Å². The first-order valence-electron chi connectivity index (χ1n) is 4.35. The van der Waals surface area contributed by atoms with Crippen molar-refractivity contribution in [1.82, 2.24) is 0 Å². The normalized spacial score (nSPS) is 11.8. The second-order valence-electron chi connectivity index (χ2n) is 3.02. The summed E-state index contributed by atoms with van der Waals surface area (Å²) in [5, 5.41) is 0. The summed E-state index contributed by atoms with van der Waals surface area (Å²) in [4.78, 5) is 20.2. The molecule has 0 N–H and O–H groups in total. The molecular weight excluding hydrogens is 172 g/mol. The largest absolute Gasteiger partial charge is 0.468 e. The van der Waals surface area contributed by atoms with Crippen LogP contribution < -0.4 is 0 Å². The lowest BCUT2D eigenvalue weighted by Gasteiger charge is -2.08. The minimum absolute atomic E-state index is 0.253. The van der Waals surface area contributed by atoms with Crippen LogP contribution in [0.5, 0.6) is 0 Å². The zero-order valence-electron chi connectivity index (χ0n) is 8.12. The topological polar surface area (TPSA) is 52.6 Å². The maximum Gasteiger partial charge on any atom is 0.302 e. The van der Waals surface area contributed by atoms with Crippen LogP contribution >= 0.6 is 0 Å². The third kappa shape index (κ3) is 8.85. The first-order valence-corrected chi connectivity index (χ1v) is 4.35. The van der Waals surface area contributed by atoms with Crippen molar-refractivity contribution in [2.75, 3.05) is 13.2 Å². The summed E-state index contributed by atoms with van der Waals surface area (Å²) in [7, 11) is 0. The van der Waals surface area contributed by atoms with E-state index in [9.17, 15) is 9.59 Å². The summed E-state index contributed by atoms with van der Waals surface area (Å²) in [6, 6.07) is 0. The Hall–Kier alpha value is -1.06. The van der Waals surface area contributed by atoms with Crippen molar-refractivity contribution in [3.8, 4) is 0 Å². The van der Waals surface area contributed by atoms with Gasteiger partial charge in [0.1, 0.15) is 0 Å². The molecule has 0 radical (unpaired) electrons. The first kappa shape index (κ1) is 11.9. The fraction of sp³-hybridized carbons (Fsp3) is 0.778. The minimum atomic E-state index is -0.253. The van der Waals surface area contributed by atoms with Crippen LogP contribution in [-0.4, -0.2) is 25.7 Å². The van der Waals surface area contributed by atoms with E-state index >= 15 is 0 Å². The van der Waals surface area contributed by atoms with Crippen molar-refractivity contribution < 1.29 is 19.1 Å². The van der Waals surface area contributed by atoms with Crippen LogP contribution in [0.3, 0.4) is 0 Å². The van der Waals surface area contributed by atoms with E-state index < -0.39 is 0 Å². The third-order valence-corrected chi connectivity index (χ3v) is 1.60. The van der Waals surface area contributed by atoms with Crippen LogP contribution in [0.2, 0.25) is 0 Å². The zero-order chi connectivity index (χ0) is 10.1. The molecule has 0 spiro atoms. The number of hydrogen-bond acceptors (Lipinski definition) is 4. The zero-order valence-corrected chi connectivity index (χ0v) is 8.12. The molecule has 0 heterocycles. The maximum atomic E-state index is 10.4. The van der Waals surface area contributed by atoms with Gasteiger partial charge in [-0.3, -0.25) is 9.59 Å². The molecule has 1 atom stereocenters. The quantitative estimate of drug-likeness (QED) is 0.341. The van der Waals surface area contributed by atoms with E-state index in [1.165, 1.54) is 6.92 Å². The van der Waals surface area contributed by atoms with Crippen LogP contribution in [0.1, 0.15) is 26.7 Å². The molecule has 1 unspecified atom stereocenters. The molecule has 0 saturated carbocycles. The van der Waals surface area contributed by atoms with E-state index in [4.69, 9.17) is 4.74 Å². The van der Waals surface area contributed by atoms with Crippen LogP contribution in [0.4, 0.5) is 0 Å². The second kappa shape index (κ2) is 7.58. The Morgan fingerprint density at radius 2 is 2.23 bits per heavy atom. The van der Waals surface area contributed by atoms with Gasteiger partial charge in [0.05, 0.1) is 13.2 Å². The van der Waals surface area contributed by atoms with E-state index in [1.807, 2.05) is 6.92 Å². The van der Waals surface area contributed by atoms with Crippen LogP contribution in [0.15, 0.2) is 0 Å². The van der Waals surface area contributed by atoms with Gasteiger partial charge in [0.2, 0.25) is 0 Å². The van der Waals surface area contributed by atoms with Crippen molar-refractivity contribution in [2.45, 2.75) is 26.7 Å². The Balaban J connectivity index is 3.21. The first-order chi connectivity index (χ1) is 6.16. The maximum absolute atomic E-state index is 10.4. The third-order valence-electron chi connectivity index (χ3n) is 1.60. The average molecular weight is 188 g/mol. The van der Waals surface area contributed by atoms with Gasteiger partial charge in [-0.05, 0) is 18.8 Å². The highest BCUT2D eigenvalue weighted by atomic mass is 16.5.